The van der Waals surface area contributed by atoms with Crippen molar-refractivity contribution in [2.45, 2.75) is 76.7 Å². The van der Waals surface area contributed by atoms with Gasteiger partial charge in [-0.2, -0.15) is 0 Å². The summed E-state index contributed by atoms with van der Waals surface area (Å²) >= 11 is 0. The third-order valence-corrected chi connectivity index (χ3v) is 4.92. The number of aromatic nitrogens is 1. The van der Waals surface area contributed by atoms with E-state index in [1.807, 2.05) is 0 Å². The predicted octanol–water partition coefficient (Wildman–Crippen LogP) is 3.13. The van der Waals surface area contributed by atoms with Crippen molar-refractivity contribution in [3.63, 3.8) is 0 Å². The lowest BCUT2D eigenvalue weighted by atomic mass is 9.95. The molecule has 1 atom stereocenters. The van der Waals surface area contributed by atoms with Gasteiger partial charge in [-0.05, 0) is 56.6 Å². The largest absolute Gasteiger partial charge is 0.467 e. The zero-order chi connectivity index (χ0) is 17.9. The lowest BCUT2D eigenvalue weighted by Crippen LogP contribution is -2.36. The molecule has 5 nitrogen and oxygen atoms in total. The molecule has 5 heteroatoms. The molecule has 0 bridgehead atoms. The molecule has 1 amide bonds. The van der Waals surface area contributed by atoms with Crippen LogP contribution in [0.1, 0.15) is 68.3 Å². The highest BCUT2D eigenvalue weighted by Crippen LogP contribution is 2.20. The van der Waals surface area contributed by atoms with E-state index in [4.69, 9.17) is 4.98 Å². The van der Waals surface area contributed by atoms with Crippen LogP contribution < -0.4 is 5.32 Å². The number of hydrogen-bond acceptors (Lipinski definition) is 4. The number of hydrogen-bond donors (Lipinski definition) is 1. The van der Waals surface area contributed by atoms with Crippen molar-refractivity contribution >= 4 is 12.4 Å². The van der Waals surface area contributed by atoms with E-state index in [2.05, 4.69) is 22.2 Å². The number of carbonyl (C=O) groups is 2. The average molecular weight is 346 g/mol. The average Bonchev–Trinajstić information content (AvgIpc) is 2.65. The van der Waals surface area contributed by atoms with Gasteiger partial charge in [0, 0.05) is 11.4 Å². The SMILES string of the molecule is COC(=O)[C@H](CCCCCCCc1ccc2c(n1)CCCC2)NC=O. The summed E-state index contributed by atoms with van der Waals surface area (Å²) in [5.74, 6) is -0.370. The number of nitrogens with one attached hydrogen (secondary N) is 1. The number of rotatable bonds is 11. The summed E-state index contributed by atoms with van der Waals surface area (Å²) in [5.41, 5.74) is 3.99. The molecule has 1 heterocycles. The molecule has 1 aliphatic rings. The molecule has 0 saturated heterocycles. The van der Waals surface area contributed by atoms with E-state index < -0.39 is 6.04 Å². The van der Waals surface area contributed by atoms with Crippen LogP contribution in [0.25, 0.3) is 0 Å². The van der Waals surface area contributed by atoms with Crippen LogP contribution in [-0.4, -0.2) is 30.5 Å². The summed E-state index contributed by atoms with van der Waals surface area (Å²) in [5, 5.41) is 2.52. The zero-order valence-corrected chi connectivity index (χ0v) is 15.3. The first-order valence-electron chi connectivity index (χ1n) is 9.50. The van der Waals surface area contributed by atoms with Gasteiger partial charge in [-0.3, -0.25) is 9.78 Å². The van der Waals surface area contributed by atoms with Crippen LogP contribution in [0, 0.1) is 0 Å². The van der Waals surface area contributed by atoms with Crippen LogP contribution in [-0.2, 0) is 33.6 Å². The van der Waals surface area contributed by atoms with Gasteiger partial charge in [0.1, 0.15) is 6.04 Å². The molecule has 1 aromatic rings. The molecule has 1 aliphatic carbocycles. The normalized spacial score (nSPS) is 14.4. The molecule has 0 unspecified atom stereocenters. The van der Waals surface area contributed by atoms with Gasteiger partial charge in [-0.25, -0.2) is 4.79 Å². The van der Waals surface area contributed by atoms with Crippen LogP contribution in [0.5, 0.6) is 0 Å². The molecule has 138 valence electrons. The van der Waals surface area contributed by atoms with E-state index in [-0.39, 0.29) is 5.97 Å². The van der Waals surface area contributed by atoms with Gasteiger partial charge in [0.05, 0.1) is 7.11 Å². The zero-order valence-electron chi connectivity index (χ0n) is 15.3. The summed E-state index contributed by atoms with van der Waals surface area (Å²) in [7, 11) is 1.34. The molecule has 0 aliphatic heterocycles. The number of amides is 1. The Morgan fingerprint density at radius 2 is 1.96 bits per heavy atom. The van der Waals surface area contributed by atoms with Gasteiger partial charge >= 0.3 is 5.97 Å². The monoisotopic (exact) mass is 346 g/mol. The summed E-state index contributed by atoms with van der Waals surface area (Å²) in [4.78, 5) is 26.8. The Morgan fingerprint density at radius 1 is 1.20 bits per heavy atom. The highest BCUT2D eigenvalue weighted by atomic mass is 16.5. The molecule has 2 rings (SSSR count). The fourth-order valence-corrected chi connectivity index (χ4v) is 3.45. The molecule has 1 aromatic heterocycles. The van der Waals surface area contributed by atoms with Crippen LogP contribution in [0.3, 0.4) is 0 Å². The number of aryl methyl sites for hydroxylation is 3. The summed E-state index contributed by atoms with van der Waals surface area (Å²) in [6.07, 6.45) is 12.6. The minimum atomic E-state index is -0.512. The maximum atomic E-state index is 11.5. The molecular weight excluding hydrogens is 316 g/mol. The van der Waals surface area contributed by atoms with E-state index >= 15 is 0 Å². The summed E-state index contributed by atoms with van der Waals surface area (Å²) < 4.78 is 4.68. The second-order valence-corrected chi connectivity index (χ2v) is 6.78. The first-order chi connectivity index (χ1) is 12.2. The predicted molar refractivity (Wildman–Crippen MR) is 97.3 cm³/mol. The van der Waals surface area contributed by atoms with Crippen molar-refractivity contribution in [3.8, 4) is 0 Å². The Morgan fingerprint density at radius 3 is 2.76 bits per heavy atom. The van der Waals surface area contributed by atoms with Crippen LogP contribution in [0.15, 0.2) is 12.1 Å². The van der Waals surface area contributed by atoms with Gasteiger partial charge in [-0.1, -0.05) is 31.7 Å². The van der Waals surface area contributed by atoms with Crippen molar-refractivity contribution in [2.24, 2.45) is 0 Å². The maximum absolute atomic E-state index is 11.5. The molecular formula is C20H30N2O3. The third kappa shape index (κ3) is 6.48. The maximum Gasteiger partial charge on any atom is 0.328 e. The Kier molecular flexibility index (Phi) is 8.43. The van der Waals surface area contributed by atoms with Gasteiger partial charge in [0.15, 0.2) is 0 Å². The van der Waals surface area contributed by atoms with Crippen molar-refractivity contribution in [1.82, 2.24) is 10.3 Å². The lowest BCUT2D eigenvalue weighted by molar-refractivity contribution is -0.144. The van der Waals surface area contributed by atoms with Crippen molar-refractivity contribution in [2.75, 3.05) is 7.11 Å². The third-order valence-electron chi connectivity index (χ3n) is 4.92. The highest BCUT2D eigenvalue weighted by Gasteiger charge is 2.17. The van der Waals surface area contributed by atoms with E-state index in [1.165, 1.54) is 49.7 Å². The molecule has 0 aromatic carbocycles. The van der Waals surface area contributed by atoms with E-state index in [0.29, 0.717) is 12.8 Å². The number of nitrogens with zero attached hydrogens (tertiary/aromatic N) is 1. The fourth-order valence-electron chi connectivity index (χ4n) is 3.45. The van der Waals surface area contributed by atoms with E-state index in [0.717, 1.165) is 38.5 Å². The minimum Gasteiger partial charge on any atom is -0.467 e. The van der Waals surface area contributed by atoms with Gasteiger partial charge in [0.2, 0.25) is 6.41 Å². The Labute approximate surface area is 150 Å². The summed E-state index contributed by atoms with van der Waals surface area (Å²) in [6.45, 7) is 0. The first-order valence-corrected chi connectivity index (χ1v) is 9.50. The molecule has 25 heavy (non-hydrogen) atoms. The standard InChI is InChI=1S/C20H30N2O3/c1-25-20(24)19(21-15-23)12-6-4-2-3-5-10-17-14-13-16-9-7-8-11-18(16)22-17/h13-15,19H,2-12H2,1H3,(H,21,23)/t19-/m0/s1. The second-order valence-electron chi connectivity index (χ2n) is 6.78. The lowest BCUT2D eigenvalue weighted by Gasteiger charge is -2.15. The van der Waals surface area contributed by atoms with Crippen LogP contribution in [0.2, 0.25) is 0 Å². The molecule has 0 radical (unpaired) electrons. The van der Waals surface area contributed by atoms with E-state index in [9.17, 15) is 9.59 Å². The smallest absolute Gasteiger partial charge is 0.328 e. The fraction of sp³-hybridized carbons (Fsp3) is 0.650. The minimum absolute atomic E-state index is 0.370. The van der Waals surface area contributed by atoms with Crippen molar-refractivity contribution in [3.05, 3.63) is 29.1 Å². The number of methoxy groups -OCH3 is 1. The van der Waals surface area contributed by atoms with E-state index in [1.54, 1.807) is 0 Å². The van der Waals surface area contributed by atoms with Gasteiger partial charge in [0.25, 0.3) is 0 Å². The molecule has 0 fully saturated rings. The van der Waals surface area contributed by atoms with Gasteiger partial charge in [-0.15, -0.1) is 0 Å². The van der Waals surface area contributed by atoms with Crippen molar-refractivity contribution in [1.29, 1.82) is 0 Å². The summed E-state index contributed by atoms with van der Waals surface area (Å²) in [6, 6.07) is 3.95. The second kappa shape index (κ2) is 10.9. The molecule has 1 N–H and O–H groups in total. The first kappa shape index (κ1) is 19.4. The Hall–Kier alpha value is -1.91. The number of fused-ring (bicyclic) bond motifs is 1. The number of carbonyl (C=O) groups excluding carboxylic acids is 2. The number of esters is 1. The molecule has 0 spiro atoms. The quantitative estimate of drug-likeness (QED) is 0.380. The number of unbranched alkanes of at least 4 members (excludes halogenated alkanes) is 4. The van der Waals surface area contributed by atoms with Gasteiger partial charge < -0.3 is 10.1 Å². The topological polar surface area (TPSA) is 68.3 Å². The van der Waals surface area contributed by atoms with Crippen molar-refractivity contribution < 1.29 is 14.3 Å². The Balaban J connectivity index is 1.59. The van der Waals surface area contributed by atoms with Crippen LogP contribution in [0.4, 0.5) is 0 Å². The number of ether oxygens (including phenoxy) is 1. The Bertz CT molecular complexity index is 560. The molecule has 0 saturated carbocycles. The number of pyridine rings is 1. The highest BCUT2D eigenvalue weighted by molar-refractivity contribution is 5.77. The van der Waals surface area contributed by atoms with Crippen LogP contribution >= 0.6 is 0 Å².